The number of rotatable bonds is 4. The molecule has 0 aromatic heterocycles. The predicted octanol–water partition coefficient (Wildman–Crippen LogP) is 1.57. The molecule has 0 aromatic rings. The highest BCUT2D eigenvalue weighted by atomic mass is 16.6. The van der Waals surface area contributed by atoms with E-state index in [0.717, 1.165) is 39.1 Å². The summed E-state index contributed by atoms with van der Waals surface area (Å²) in [5.41, 5.74) is 6.37. The second-order valence-electron chi connectivity index (χ2n) is 6.11. The van der Waals surface area contributed by atoms with Crippen LogP contribution < -0.4 is 5.73 Å². The van der Waals surface area contributed by atoms with Crippen LogP contribution in [0.5, 0.6) is 0 Å². The third-order valence-electron chi connectivity index (χ3n) is 4.45. The van der Waals surface area contributed by atoms with Crippen molar-refractivity contribution in [2.75, 3.05) is 26.9 Å². The van der Waals surface area contributed by atoms with Crippen LogP contribution in [-0.4, -0.2) is 44.7 Å². The minimum Gasteiger partial charge on any atom is -0.380 e. The van der Waals surface area contributed by atoms with E-state index in [4.69, 9.17) is 19.9 Å². The van der Waals surface area contributed by atoms with Crippen LogP contribution in [0.3, 0.4) is 0 Å². The monoisotopic (exact) mass is 257 g/mol. The smallest absolute Gasteiger partial charge is 0.0939 e. The number of hydrogen-bond donors (Lipinski definition) is 1. The summed E-state index contributed by atoms with van der Waals surface area (Å²) >= 11 is 0. The van der Waals surface area contributed by atoms with E-state index in [1.807, 2.05) is 0 Å². The highest BCUT2D eigenvalue weighted by Gasteiger charge is 2.43. The SMILES string of the molecule is COC(C(C)C)C(N)C1CCOC2(CCOC2)C1. The van der Waals surface area contributed by atoms with Crippen LogP contribution in [-0.2, 0) is 14.2 Å². The molecule has 2 aliphatic rings. The summed E-state index contributed by atoms with van der Waals surface area (Å²) in [4.78, 5) is 0. The van der Waals surface area contributed by atoms with Crippen LogP contribution in [0, 0.1) is 11.8 Å². The van der Waals surface area contributed by atoms with Gasteiger partial charge in [0.15, 0.2) is 0 Å². The Morgan fingerprint density at radius 2 is 2.11 bits per heavy atom. The van der Waals surface area contributed by atoms with Crippen LogP contribution in [0.2, 0.25) is 0 Å². The van der Waals surface area contributed by atoms with Gasteiger partial charge in [-0.2, -0.15) is 0 Å². The standard InChI is InChI=1S/C14H27NO3/c1-10(2)13(16-3)12(15)11-4-6-18-14(8-11)5-7-17-9-14/h10-13H,4-9,15H2,1-3H3. The Morgan fingerprint density at radius 1 is 1.33 bits per heavy atom. The molecule has 2 aliphatic heterocycles. The average Bonchev–Trinajstić information content (AvgIpc) is 2.77. The predicted molar refractivity (Wildman–Crippen MR) is 70.5 cm³/mol. The van der Waals surface area contributed by atoms with Gasteiger partial charge < -0.3 is 19.9 Å². The van der Waals surface area contributed by atoms with E-state index in [1.54, 1.807) is 7.11 Å². The fourth-order valence-electron chi connectivity index (χ4n) is 3.40. The Hall–Kier alpha value is -0.160. The first-order valence-corrected chi connectivity index (χ1v) is 7.08. The molecule has 18 heavy (non-hydrogen) atoms. The minimum absolute atomic E-state index is 0.0597. The first kappa shape index (κ1) is 14.3. The van der Waals surface area contributed by atoms with Crippen molar-refractivity contribution in [2.24, 2.45) is 17.6 Å². The number of methoxy groups -OCH3 is 1. The summed E-state index contributed by atoms with van der Waals surface area (Å²) in [5, 5.41) is 0. The number of nitrogens with two attached hydrogens (primary N) is 1. The van der Waals surface area contributed by atoms with E-state index >= 15 is 0 Å². The van der Waals surface area contributed by atoms with Gasteiger partial charge >= 0.3 is 0 Å². The van der Waals surface area contributed by atoms with Crippen molar-refractivity contribution < 1.29 is 14.2 Å². The molecular weight excluding hydrogens is 230 g/mol. The zero-order chi connectivity index (χ0) is 13.2. The third-order valence-corrected chi connectivity index (χ3v) is 4.45. The normalized spacial score (nSPS) is 36.2. The van der Waals surface area contributed by atoms with Crippen molar-refractivity contribution in [3.05, 3.63) is 0 Å². The van der Waals surface area contributed by atoms with Crippen molar-refractivity contribution in [2.45, 2.75) is 50.9 Å². The van der Waals surface area contributed by atoms with Gasteiger partial charge in [0.25, 0.3) is 0 Å². The molecular formula is C14H27NO3. The molecule has 0 radical (unpaired) electrons. The average molecular weight is 257 g/mol. The molecule has 0 amide bonds. The molecule has 106 valence electrons. The summed E-state index contributed by atoms with van der Waals surface area (Å²) in [6.07, 6.45) is 3.19. The fourth-order valence-corrected chi connectivity index (χ4v) is 3.40. The van der Waals surface area contributed by atoms with Gasteiger partial charge in [0.2, 0.25) is 0 Å². The Kier molecular flexibility index (Phi) is 4.64. The van der Waals surface area contributed by atoms with E-state index in [1.165, 1.54) is 0 Å². The van der Waals surface area contributed by atoms with E-state index in [0.29, 0.717) is 11.8 Å². The zero-order valence-corrected chi connectivity index (χ0v) is 11.9. The summed E-state index contributed by atoms with van der Waals surface area (Å²) in [6, 6.07) is 0.0939. The second kappa shape index (κ2) is 5.87. The molecule has 0 bridgehead atoms. The summed E-state index contributed by atoms with van der Waals surface area (Å²) < 4.78 is 17.0. The van der Waals surface area contributed by atoms with Crippen molar-refractivity contribution in [3.63, 3.8) is 0 Å². The molecule has 0 aromatic carbocycles. The van der Waals surface area contributed by atoms with Crippen LogP contribution in [0.15, 0.2) is 0 Å². The molecule has 4 nitrogen and oxygen atoms in total. The van der Waals surface area contributed by atoms with Crippen molar-refractivity contribution in [1.29, 1.82) is 0 Å². The fraction of sp³-hybridized carbons (Fsp3) is 1.00. The maximum Gasteiger partial charge on any atom is 0.0939 e. The molecule has 2 fully saturated rings. The first-order valence-electron chi connectivity index (χ1n) is 7.08. The van der Waals surface area contributed by atoms with E-state index in [-0.39, 0.29) is 17.7 Å². The Bertz CT molecular complexity index is 264. The van der Waals surface area contributed by atoms with E-state index < -0.39 is 0 Å². The lowest BCUT2D eigenvalue weighted by Crippen LogP contribution is -2.51. The Morgan fingerprint density at radius 3 is 2.67 bits per heavy atom. The minimum atomic E-state index is -0.0597. The third kappa shape index (κ3) is 2.87. The zero-order valence-electron chi connectivity index (χ0n) is 11.9. The maximum absolute atomic E-state index is 6.43. The lowest BCUT2D eigenvalue weighted by atomic mass is 9.78. The van der Waals surface area contributed by atoms with Gasteiger partial charge in [-0.1, -0.05) is 13.8 Å². The summed E-state index contributed by atoms with van der Waals surface area (Å²) in [7, 11) is 1.76. The number of hydrogen-bond acceptors (Lipinski definition) is 4. The Balaban J connectivity index is 1.99. The first-order chi connectivity index (χ1) is 8.58. The molecule has 2 rings (SSSR count). The van der Waals surface area contributed by atoms with E-state index in [9.17, 15) is 0 Å². The van der Waals surface area contributed by atoms with Gasteiger partial charge in [-0.05, 0) is 24.7 Å². The van der Waals surface area contributed by atoms with Crippen LogP contribution in [0.1, 0.15) is 33.1 Å². The van der Waals surface area contributed by atoms with Gasteiger partial charge in [0, 0.05) is 32.8 Å². The summed E-state index contributed by atoms with van der Waals surface area (Å²) in [5.74, 6) is 0.927. The maximum atomic E-state index is 6.43. The molecule has 2 N–H and O–H groups in total. The van der Waals surface area contributed by atoms with Crippen LogP contribution in [0.4, 0.5) is 0 Å². The topological polar surface area (TPSA) is 53.7 Å². The van der Waals surface area contributed by atoms with Crippen molar-refractivity contribution >= 4 is 0 Å². The number of ether oxygens (including phenoxy) is 3. The van der Waals surface area contributed by atoms with Gasteiger partial charge in [-0.25, -0.2) is 0 Å². The quantitative estimate of drug-likeness (QED) is 0.830. The lowest BCUT2D eigenvalue weighted by molar-refractivity contribution is -0.110. The van der Waals surface area contributed by atoms with Gasteiger partial charge in [0.05, 0.1) is 18.3 Å². The van der Waals surface area contributed by atoms with Crippen LogP contribution in [0.25, 0.3) is 0 Å². The highest BCUT2D eigenvalue weighted by Crippen LogP contribution is 2.37. The van der Waals surface area contributed by atoms with Crippen molar-refractivity contribution in [3.8, 4) is 0 Å². The van der Waals surface area contributed by atoms with Gasteiger partial charge in [-0.3, -0.25) is 0 Å². The van der Waals surface area contributed by atoms with Gasteiger partial charge in [-0.15, -0.1) is 0 Å². The molecule has 2 heterocycles. The summed E-state index contributed by atoms with van der Waals surface area (Å²) in [6.45, 7) is 6.69. The van der Waals surface area contributed by atoms with Crippen LogP contribution >= 0.6 is 0 Å². The molecule has 2 saturated heterocycles. The highest BCUT2D eigenvalue weighted by molar-refractivity contribution is 4.95. The molecule has 4 unspecified atom stereocenters. The molecule has 0 saturated carbocycles. The molecule has 4 atom stereocenters. The molecule has 1 spiro atoms. The lowest BCUT2D eigenvalue weighted by Gasteiger charge is -2.41. The van der Waals surface area contributed by atoms with Gasteiger partial charge in [0.1, 0.15) is 0 Å². The second-order valence-corrected chi connectivity index (χ2v) is 6.11. The Labute approximate surface area is 110 Å². The molecule has 0 aliphatic carbocycles. The van der Waals surface area contributed by atoms with Crippen molar-refractivity contribution in [1.82, 2.24) is 0 Å². The van der Waals surface area contributed by atoms with E-state index in [2.05, 4.69) is 13.8 Å². The molecule has 4 heteroatoms. The largest absolute Gasteiger partial charge is 0.380 e.